The number of benzene rings is 1. The molecule has 0 bridgehead atoms. The van der Waals surface area contributed by atoms with E-state index in [4.69, 9.17) is 5.73 Å². The molecule has 1 aromatic rings. The average molecular weight is 310 g/mol. The smallest absolute Gasteiger partial charge is 0.367 e. The van der Waals surface area contributed by atoms with Gasteiger partial charge in [-0.05, 0) is 26.0 Å². The van der Waals surface area contributed by atoms with Crippen LogP contribution in [0.1, 0.15) is 13.8 Å². The van der Waals surface area contributed by atoms with E-state index in [-0.39, 0.29) is 24.8 Å². The van der Waals surface area contributed by atoms with Gasteiger partial charge in [0.25, 0.3) is 9.84 Å². The third-order valence-corrected chi connectivity index (χ3v) is 4.30. The van der Waals surface area contributed by atoms with Gasteiger partial charge in [0, 0.05) is 19.1 Å². The van der Waals surface area contributed by atoms with Crippen LogP contribution in [0.4, 0.5) is 18.9 Å². The summed E-state index contributed by atoms with van der Waals surface area (Å²) < 4.78 is 61.4. The highest BCUT2D eigenvalue weighted by atomic mass is 32.2. The summed E-state index contributed by atoms with van der Waals surface area (Å²) in [5.41, 5.74) is 0.130. The van der Waals surface area contributed by atoms with Crippen molar-refractivity contribution in [1.82, 2.24) is 0 Å². The number of anilines is 1. The Bertz CT molecular complexity index is 556. The number of hydrogen-bond acceptors (Lipinski definition) is 4. The zero-order valence-corrected chi connectivity index (χ0v) is 12.0. The van der Waals surface area contributed by atoms with Crippen molar-refractivity contribution >= 4 is 15.5 Å². The summed E-state index contributed by atoms with van der Waals surface area (Å²) in [6.45, 7) is 3.99. The van der Waals surface area contributed by atoms with E-state index < -0.39 is 20.2 Å². The summed E-state index contributed by atoms with van der Waals surface area (Å²) in [6.07, 6.45) is 0. The second-order valence-corrected chi connectivity index (χ2v) is 6.40. The molecule has 0 aliphatic rings. The first-order valence-corrected chi connectivity index (χ1v) is 7.48. The van der Waals surface area contributed by atoms with Gasteiger partial charge in [-0.25, -0.2) is 8.42 Å². The summed E-state index contributed by atoms with van der Waals surface area (Å²) in [6, 6.07) is 4.90. The van der Waals surface area contributed by atoms with E-state index in [0.29, 0.717) is 0 Å². The Hall–Kier alpha value is -1.28. The van der Waals surface area contributed by atoms with Crippen LogP contribution in [-0.4, -0.2) is 33.1 Å². The molecular weight excluding hydrogens is 293 g/mol. The van der Waals surface area contributed by atoms with E-state index >= 15 is 0 Å². The Morgan fingerprint density at radius 2 is 1.80 bits per heavy atom. The molecule has 1 rings (SSSR count). The Balaban J connectivity index is 3.45. The summed E-state index contributed by atoms with van der Waals surface area (Å²) in [7, 11) is -5.39. The Kier molecular flexibility index (Phi) is 5.04. The number of alkyl halides is 3. The zero-order chi connectivity index (χ0) is 15.6. The minimum Gasteiger partial charge on any atom is -0.367 e. The van der Waals surface area contributed by atoms with Gasteiger partial charge in [-0.2, -0.15) is 13.2 Å². The lowest BCUT2D eigenvalue weighted by molar-refractivity contribution is -0.0435. The van der Waals surface area contributed by atoms with Gasteiger partial charge in [-0.1, -0.05) is 12.1 Å². The van der Waals surface area contributed by atoms with Gasteiger partial charge in [0.05, 0.1) is 10.6 Å². The van der Waals surface area contributed by atoms with Crippen molar-refractivity contribution in [2.45, 2.75) is 30.3 Å². The van der Waals surface area contributed by atoms with Crippen molar-refractivity contribution in [3.8, 4) is 0 Å². The van der Waals surface area contributed by atoms with Gasteiger partial charge in [0.1, 0.15) is 0 Å². The minimum absolute atomic E-state index is 0.0188. The van der Waals surface area contributed by atoms with Crippen LogP contribution in [0.15, 0.2) is 29.2 Å². The Morgan fingerprint density at radius 3 is 2.25 bits per heavy atom. The molecule has 0 atom stereocenters. The first kappa shape index (κ1) is 16.8. The number of para-hydroxylation sites is 1. The fourth-order valence-electron chi connectivity index (χ4n) is 1.84. The SMILES string of the molecule is CC(C)N(CCN)c1ccccc1S(=O)(=O)C(F)(F)F. The van der Waals surface area contributed by atoms with Gasteiger partial charge in [-0.15, -0.1) is 0 Å². The number of sulfone groups is 1. The molecule has 0 amide bonds. The van der Waals surface area contributed by atoms with Gasteiger partial charge in [-0.3, -0.25) is 0 Å². The molecule has 0 spiro atoms. The molecule has 8 heteroatoms. The maximum atomic E-state index is 12.7. The molecule has 0 heterocycles. The second kappa shape index (κ2) is 6.01. The molecule has 0 unspecified atom stereocenters. The number of nitrogens with two attached hydrogens (primary N) is 1. The minimum atomic E-state index is -5.39. The number of rotatable bonds is 5. The molecule has 0 fully saturated rings. The molecular formula is C12H17F3N2O2S. The molecule has 0 aliphatic heterocycles. The van der Waals surface area contributed by atoms with Crippen molar-refractivity contribution in [3.63, 3.8) is 0 Å². The Morgan fingerprint density at radius 1 is 1.25 bits per heavy atom. The fraction of sp³-hybridized carbons (Fsp3) is 0.500. The van der Waals surface area contributed by atoms with Gasteiger partial charge in [0.15, 0.2) is 0 Å². The molecule has 2 N–H and O–H groups in total. The summed E-state index contributed by atoms with van der Waals surface area (Å²) >= 11 is 0. The third kappa shape index (κ3) is 3.24. The van der Waals surface area contributed by atoms with Gasteiger partial charge >= 0.3 is 5.51 Å². The number of hydrogen-bond donors (Lipinski definition) is 1. The Labute approximate surface area is 116 Å². The highest BCUT2D eigenvalue weighted by Crippen LogP contribution is 2.36. The van der Waals surface area contributed by atoms with Crippen molar-refractivity contribution < 1.29 is 21.6 Å². The highest BCUT2D eigenvalue weighted by Gasteiger charge is 2.48. The zero-order valence-electron chi connectivity index (χ0n) is 11.2. The molecule has 0 radical (unpaired) electrons. The average Bonchev–Trinajstić information content (AvgIpc) is 2.34. The largest absolute Gasteiger partial charge is 0.501 e. The molecule has 20 heavy (non-hydrogen) atoms. The lowest BCUT2D eigenvalue weighted by Crippen LogP contribution is -2.37. The van der Waals surface area contributed by atoms with Crippen molar-refractivity contribution in [1.29, 1.82) is 0 Å². The molecule has 0 aliphatic carbocycles. The lowest BCUT2D eigenvalue weighted by Gasteiger charge is -2.30. The second-order valence-electron chi connectivity index (χ2n) is 4.49. The van der Waals surface area contributed by atoms with E-state index in [9.17, 15) is 21.6 Å². The predicted molar refractivity (Wildman–Crippen MR) is 71.2 cm³/mol. The van der Waals surface area contributed by atoms with E-state index in [1.807, 2.05) is 0 Å². The van der Waals surface area contributed by atoms with Crippen LogP contribution < -0.4 is 10.6 Å². The molecule has 4 nitrogen and oxygen atoms in total. The first-order valence-electron chi connectivity index (χ1n) is 6.00. The summed E-state index contributed by atoms with van der Waals surface area (Å²) in [5.74, 6) is 0. The molecule has 0 saturated heterocycles. The maximum absolute atomic E-state index is 12.7. The van der Waals surface area contributed by atoms with E-state index in [2.05, 4.69) is 0 Å². The maximum Gasteiger partial charge on any atom is 0.501 e. The van der Waals surface area contributed by atoms with Crippen LogP contribution in [0.3, 0.4) is 0 Å². The van der Waals surface area contributed by atoms with Crippen molar-refractivity contribution in [2.24, 2.45) is 5.73 Å². The van der Waals surface area contributed by atoms with E-state index in [1.165, 1.54) is 18.2 Å². The van der Waals surface area contributed by atoms with E-state index in [0.717, 1.165) is 6.07 Å². The molecule has 1 aromatic carbocycles. The molecule has 114 valence electrons. The fourth-order valence-corrected chi connectivity index (χ4v) is 2.81. The van der Waals surface area contributed by atoms with E-state index in [1.54, 1.807) is 18.7 Å². The normalized spacial score (nSPS) is 12.8. The quantitative estimate of drug-likeness (QED) is 0.905. The predicted octanol–water partition coefficient (Wildman–Crippen LogP) is 2.15. The standard InChI is InChI=1S/C12H17F3N2O2S/c1-9(2)17(8-7-16)10-5-3-4-6-11(10)20(18,19)12(13,14)15/h3-6,9H,7-8,16H2,1-2H3. The van der Waals surface area contributed by atoms with Crippen molar-refractivity contribution in [2.75, 3.05) is 18.0 Å². The van der Waals surface area contributed by atoms with Crippen LogP contribution >= 0.6 is 0 Å². The van der Waals surface area contributed by atoms with Crippen LogP contribution in [0.25, 0.3) is 0 Å². The molecule has 0 saturated carbocycles. The highest BCUT2D eigenvalue weighted by molar-refractivity contribution is 7.92. The number of nitrogens with zero attached hydrogens (tertiary/aromatic N) is 1. The van der Waals surface area contributed by atoms with Crippen LogP contribution in [0.2, 0.25) is 0 Å². The van der Waals surface area contributed by atoms with Crippen LogP contribution in [0.5, 0.6) is 0 Å². The topological polar surface area (TPSA) is 63.4 Å². The van der Waals surface area contributed by atoms with Crippen LogP contribution in [-0.2, 0) is 9.84 Å². The van der Waals surface area contributed by atoms with Crippen LogP contribution in [0, 0.1) is 0 Å². The van der Waals surface area contributed by atoms with Crippen molar-refractivity contribution in [3.05, 3.63) is 24.3 Å². The summed E-state index contributed by atoms with van der Waals surface area (Å²) in [4.78, 5) is 0.799. The van der Waals surface area contributed by atoms with Gasteiger partial charge in [0.2, 0.25) is 0 Å². The summed E-state index contributed by atoms with van der Waals surface area (Å²) in [5, 5.41) is 0. The molecule has 0 aromatic heterocycles. The monoisotopic (exact) mass is 310 g/mol. The lowest BCUT2D eigenvalue weighted by atomic mass is 10.2. The van der Waals surface area contributed by atoms with Gasteiger partial charge < -0.3 is 10.6 Å². The third-order valence-electron chi connectivity index (χ3n) is 2.76. The number of halogens is 3. The first-order chi connectivity index (χ1) is 9.13.